The zero-order valence-electron chi connectivity index (χ0n) is 14.5. The highest BCUT2D eigenvalue weighted by Crippen LogP contribution is 2.32. The zero-order chi connectivity index (χ0) is 17.7. The van der Waals surface area contributed by atoms with Crippen LogP contribution in [0.1, 0.15) is 25.0 Å². The normalized spacial score (nSPS) is 12.8. The standard InChI is InChI=1S/C20H23N3O2/c1-20(2,16-6-4-3-5-7-16)17-8-10-19(11-9-17)25-13-18(24)12-23-14-21-22-15-23/h3-11,14-15,18,24H,12-13H2,1-2H3. The van der Waals surface area contributed by atoms with Gasteiger partial charge in [0.15, 0.2) is 0 Å². The van der Waals surface area contributed by atoms with Gasteiger partial charge >= 0.3 is 0 Å². The molecule has 0 saturated carbocycles. The maximum absolute atomic E-state index is 10.0. The molecular formula is C20H23N3O2. The number of hydrogen-bond acceptors (Lipinski definition) is 4. The van der Waals surface area contributed by atoms with Gasteiger partial charge in [0, 0.05) is 5.41 Å². The first kappa shape index (κ1) is 17.2. The van der Waals surface area contributed by atoms with E-state index >= 15 is 0 Å². The third-order valence-electron chi connectivity index (χ3n) is 4.40. The molecule has 3 aromatic rings. The van der Waals surface area contributed by atoms with Crippen molar-refractivity contribution in [3.63, 3.8) is 0 Å². The summed E-state index contributed by atoms with van der Waals surface area (Å²) in [6.45, 7) is 5.05. The van der Waals surface area contributed by atoms with Crippen molar-refractivity contribution < 1.29 is 9.84 Å². The van der Waals surface area contributed by atoms with Crippen LogP contribution in [-0.2, 0) is 12.0 Å². The van der Waals surface area contributed by atoms with E-state index < -0.39 is 6.10 Å². The second-order valence-corrected chi connectivity index (χ2v) is 6.64. The number of benzene rings is 2. The fraction of sp³-hybridized carbons (Fsp3) is 0.300. The molecule has 1 aromatic heterocycles. The molecule has 0 radical (unpaired) electrons. The molecule has 1 atom stereocenters. The van der Waals surface area contributed by atoms with Crippen molar-refractivity contribution in [3.8, 4) is 5.75 Å². The van der Waals surface area contributed by atoms with Crippen molar-refractivity contribution in [3.05, 3.63) is 78.4 Å². The minimum Gasteiger partial charge on any atom is -0.491 e. The molecule has 0 aliphatic carbocycles. The third kappa shape index (κ3) is 4.25. The summed E-state index contributed by atoms with van der Waals surface area (Å²) < 4.78 is 7.41. The lowest BCUT2D eigenvalue weighted by atomic mass is 9.78. The summed E-state index contributed by atoms with van der Waals surface area (Å²) in [5, 5.41) is 17.4. The SMILES string of the molecule is CC(C)(c1ccccc1)c1ccc(OCC(O)Cn2cnnc2)cc1. The molecule has 0 bridgehead atoms. The van der Waals surface area contributed by atoms with Crippen LogP contribution in [0.2, 0.25) is 0 Å². The molecule has 1 heterocycles. The molecular weight excluding hydrogens is 314 g/mol. The molecule has 1 N–H and O–H groups in total. The van der Waals surface area contributed by atoms with Gasteiger partial charge in [0.2, 0.25) is 0 Å². The molecule has 5 heteroatoms. The summed E-state index contributed by atoms with van der Waals surface area (Å²) in [6, 6.07) is 18.5. The predicted octanol–water partition coefficient (Wildman–Crippen LogP) is 3.04. The monoisotopic (exact) mass is 337 g/mol. The quantitative estimate of drug-likeness (QED) is 0.720. The Morgan fingerprint density at radius 2 is 1.56 bits per heavy atom. The van der Waals surface area contributed by atoms with Crippen LogP contribution in [0.5, 0.6) is 5.75 Å². The highest BCUT2D eigenvalue weighted by Gasteiger charge is 2.22. The minimum absolute atomic E-state index is 0.0757. The fourth-order valence-corrected chi connectivity index (χ4v) is 2.79. The van der Waals surface area contributed by atoms with E-state index in [2.05, 4.69) is 60.4 Å². The highest BCUT2D eigenvalue weighted by atomic mass is 16.5. The molecule has 1 unspecified atom stereocenters. The lowest BCUT2D eigenvalue weighted by molar-refractivity contribution is 0.0923. The number of nitrogens with zero attached hydrogens (tertiary/aromatic N) is 3. The Morgan fingerprint density at radius 3 is 2.20 bits per heavy atom. The maximum Gasteiger partial charge on any atom is 0.119 e. The summed E-state index contributed by atoms with van der Waals surface area (Å²) in [5.41, 5.74) is 2.41. The Hall–Kier alpha value is -2.66. The van der Waals surface area contributed by atoms with Crippen LogP contribution in [0.4, 0.5) is 0 Å². The van der Waals surface area contributed by atoms with Crippen LogP contribution in [0.15, 0.2) is 67.3 Å². The number of hydrogen-bond donors (Lipinski definition) is 1. The van der Waals surface area contributed by atoms with E-state index in [4.69, 9.17) is 4.74 Å². The first-order valence-corrected chi connectivity index (χ1v) is 8.35. The summed E-state index contributed by atoms with van der Waals surface area (Å²) in [6.07, 6.45) is 2.53. The van der Waals surface area contributed by atoms with Crippen molar-refractivity contribution in [2.24, 2.45) is 0 Å². The summed E-state index contributed by atoms with van der Waals surface area (Å²) in [7, 11) is 0. The third-order valence-corrected chi connectivity index (χ3v) is 4.40. The van der Waals surface area contributed by atoms with E-state index in [9.17, 15) is 5.11 Å². The van der Waals surface area contributed by atoms with Crippen LogP contribution in [0, 0.1) is 0 Å². The van der Waals surface area contributed by atoms with Gasteiger partial charge in [-0.25, -0.2) is 0 Å². The van der Waals surface area contributed by atoms with Gasteiger partial charge in [-0.1, -0.05) is 56.3 Å². The fourth-order valence-electron chi connectivity index (χ4n) is 2.79. The van der Waals surface area contributed by atoms with E-state index in [0.717, 1.165) is 5.75 Å². The Bertz CT molecular complexity index is 768. The Balaban J connectivity index is 1.60. The van der Waals surface area contributed by atoms with Gasteiger partial charge < -0.3 is 14.4 Å². The van der Waals surface area contributed by atoms with Crippen LogP contribution < -0.4 is 4.74 Å². The van der Waals surface area contributed by atoms with Crippen molar-refractivity contribution in [1.82, 2.24) is 14.8 Å². The highest BCUT2D eigenvalue weighted by molar-refractivity contribution is 5.39. The van der Waals surface area contributed by atoms with Gasteiger partial charge in [0.05, 0.1) is 6.54 Å². The average Bonchev–Trinajstić information content (AvgIpc) is 3.14. The molecule has 0 amide bonds. The molecule has 0 aliphatic heterocycles. The molecule has 25 heavy (non-hydrogen) atoms. The molecule has 5 nitrogen and oxygen atoms in total. The Labute approximate surface area is 147 Å². The largest absolute Gasteiger partial charge is 0.491 e. The topological polar surface area (TPSA) is 60.2 Å². The van der Waals surface area contributed by atoms with Gasteiger partial charge in [0.25, 0.3) is 0 Å². The molecule has 130 valence electrons. The maximum atomic E-state index is 10.0. The van der Waals surface area contributed by atoms with Crippen molar-refractivity contribution in [2.45, 2.75) is 31.9 Å². The molecule has 0 aliphatic rings. The zero-order valence-corrected chi connectivity index (χ0v) is 14.5. The molecule has 0 spiro atoms. The van der Waals surface area contributed by atoms with Crippen molar-refractivity contribution in [2.75, 3.05) is 6.61 Å². The average molecular weight is 337 g/mol. The van der Waals surface area contributed by atoms with Crippen LogP contribution >= 0.6 is 0 Å². The van der Waals surface area contributed by atoms with E-state index in [1.807, 2.05) is 18.2 Å². The van der Waals surface area contributed by atoms with E-state index in [0.29, 0.717) is 6.54 Å². The van der Waals surface area contributed by atoms with Gasteiger partial charge in [-0.3, -0.25) is 0 Å². The molecule has 0 saturated heterocycles. The lowest BCUT2D eigenvalue weighted by Gasteiger charge is -2.26. The van der Waals surface area contributed by atoms with Gasteiger partial charge in [-0.05, 0) is 23.3 Å². The first-order chi connectivity index (χ1) is 12.1. The van der Waals surface area contributed by atoms with Gasteiger partial charge in [-0.2, -0.15) is 0 Å². The number of aromatic nitrogens is 3. The van der Waals surface area contributed by atoms with E-state index in [-0.39, 0.29) is 12.0 Å². The number of aliphatic hydroxyl groups is 1. The number of aliphatic hydroxyl groups excluding tert-OH is 1. The van der Waals surface area contributed by atoms with Crippen LogP contribution in [-0.4, -0.2) is 32.6 Å². The Morgan fingerprint density at radius 1 is 0.960 bits per heavy atom. The second kappa shape index (κ2) is 7.49. The number of ether oxygens (including phenoxy) is 1. The van der Waals surface area contributed by atoms with Crippen LogP contribution in [0.25, 0.3) is 0 Å². The number of rotatable bonds is 7. The smallest absolute Gasteiger partial charge is 0.119 e. The van der Waals surface area contributed by atoms with E-state index in [1.54, 1.807) is 17.2 Å². The predicted molar refractivity (Wildman–Crippen MR) is 96.5 cm³/mol. The Kier molecular flexibility index (Phi) is 5.14. The first-order valence-electron chi connectivity index (χ1n) is 8.35. The lowest BCUT2D eigenvalue weighted by Crippen LogP contribution is -2.23. The second-order valence-electron chi connectivity index (χ2n) is 6.64. The summed E-state index contributed by atoms with van der Waals surface area (Å²) in [4.78, 5) is 0. The summed E-state index contributed by atoms with van der Waals surface area (Å²) >= 11 is 0. The van der Waals surface area contributed by atoms with Gasteiger partial charge in [-0.15, -0.1) is 10.2 Å². The summed E-state index contributed by atoms with van der Waals surface area (Å²) in [5.74, 6) is 0.746. The van der Waals surface area contributed by atoms with Crippen molar-refractivity contribution in [1.29, 1.82) is 0 Å². The van der Waals surface area contributed by atoms with Gasteiger partial charge in [0.1, 0.15) is 31.1 Å². The van der Waals surface area contributed by atoms with Crippen molar-refractivity contribution >= 4 is 0 Å². The minimum atomic E-state index is -0.614. The van der Waals surface area contributed by atoms with E-state index in [1.165, 1.54) is 11.1 Å². The van der Waals surface area contributed by atoms with Crippen LogP contribution in [0.3, 0.4) is 0 Å². The molecule has 3 rings (SSSR count). The molecule has 0 fully saturated rings. The molecule has 2 aromatic carbocycles.